The van der Waals surface area contributed by atoms with E-state index in [1.165, 1.54) is 32.1 Å². The van der Waals surface area contributed by atoms with Crippen molar-refractivity contribution in [2.45, 2.75) is 71.0 Å². The first kappa shape index (κ1) is 15.8. The Morgan fingerprint density at radius 1 is 1.35 bits per heavy atom. The molecule has 0 aromatic rings. The highest BCUT2D eigenvalue weighted by atomic mass is 16.5. The van der Waals surface area contributed by atoms with Crippen LogP contribution in [0.4, 0.5) is 0 Å². The molecule has 0 aromatic heterocycles. The Labute approximate surface area is 122 Å². The molecule has 2 rings (SSSR count). The summed E-state index contributed by atoms with van der Waals surface area (Å²) in [5.41, 5.74) is 5.92. The normalized spacial score (nSPS) is 29.0. The summed E-state index contributed by atoms with van der Waals surface area (Å²) in [4.78, 5) is 12.2. The van der Waals surface area contributed by atoms with Gasteiger partial charge in [0.25, 0.3) is 0 Å². The second-order valence-corrected chi connectivity index (χ2v) is 7.08. The molecule has 1 aliphatic carbocycles. The SMILES string of the molecule is CC(C)CC1(CNC(=O)[C@@H]2CC[C@H](CN)O2)CCCC1. The molecule has 2 fully saturated rings. The molecule has 4 heteroatoms. The summed E-state index contributed by atoms with van der Waals surface area (Å²) < 4.78 is 5.66. The van der Waals surface area contributed by atoms with Crippen LogP contribution in [0.1, 0.15) is 58.8 Å². The van der Waals surface area contributed by atoms with Gasteiger partial charge in [-0.1, -0.05) is 26.7 Å². The number of nitrogens with two attached hydrogens (primary N) is 1. The fourth-order valence-corrected chi connectivity index (χ4v) is 3.90. The van der Waals surface area contributed by atoms with E-state index in [-0.39, 0.29) is 18.1 Å². The van der Waals surface area contributed by atoms with Crippen molar-refractivity contribution in [3.63, 3.8) is 0 Å². The minimum Gasteiger partial charge on any atom is -0.364 e. The maximum absolute atomic E-state index is 12.2. The van der Waals surface area contributed by atoms with Crippen molar-refractivity contribution in [2.24, 2.45) is 17.1 Å². The van der Waals surface area contributed by atoms with Gasteiger partial charge in [-0.3, -0.25) is 4.79 Å². The van der Waals surface area contributed by atoms with Crippen LogP contribution in [-0.2, 0) is 9.53 Å². The van der Waals surface area contributed by atoms with Crippen molar-refractivity contribution in [3.8, 4) is 0 Å². The summed E-state index contributed by atoms with van der Waals surface area (Å²) in [5.74, 6) is 0.755. The molecule has 0 spiro atoms. The molecule has 3 N–H and O–H groups in total. The molecule has 0 radical (unpaired) electrons. The third kappa shape index (κ3) is 3.95. The predicted molar refractivity (Wildman–Crippen MR) is 80.3 cm³/mol. The summed E-state index contributed by atoms with van der Waals surface area (Å²) in [7, 11) is 0. The second-order valence-electron chi connectivity index (χ2n) is 7.08. The van der Waals surface area contributed by atoms with Crippen LogP contribution in [0.3, 0.4) is 0 Å². The van der Waals surface area contributed by atoms with Crippen molar-refractivity contribution in [3.05, 3.63) is 0 Å². The number of rotatable bonds is 6. The van der Waals surface area contributed by atoms with Gasteiger partial charge in [0.2, 0.25) is 5.91 Å². The Morgan fingerprint density at radius 2 is 2.05 bits per heavy atom. The van der Waals surface area contributed by atoms with Gasteiger partial charge < -0.3 is 15.8 Å². The van der Waals surface area contributed by atoms with Crippen molar-refractivity contribution >= 4 is 5.91 Å². The van der Waals surface area contributed by atoms with Crippen molar-refractivity contribution in [2.75, 3.05) is 13.1 Å². The van der Waals surface area contributed by atoms with Gasteiger partial charge in [0.15, 0.2) is 0 Å². The lowest BCUT2D eigenvalue weighted by Gasteiger charge is -2.31. The standard InChI is InChI=1S/C16H30N2O2/c1-12(2)9-16(7-3-4-8-16)11-18-15(19)14-6-5-13(10-17)20-14/h12-14H,3-11,17H2,1-2H3,(H,18,19)/t13-,14+/m1/s1. The van der Waals surface area contributed by atoms with E-state index in [0.29, 0.717) is 17.9 Å². The number of nitrogens with one attached hydrogen (secondary N) is 1. The highest BCUT2D eigenvalue weighted by molar-refractivity contribution is 5.81. The Hall–Kier alpha value is -0.610. The zero-order chi connectivity index (χ0) is 14.6. The number of amides is 1. The number of ether oxygens (including phenoxy) is 1. The van der Waals surface area contributed by atoms with Crippen molar-refractivity contribution in [1.29, 1.82) is 0 Å². The minimum absolute atomic E-state index is 0.0657. The van der Waals surface area contributed by atoms with E-state index in [1.807, 2.05) is 0 Å². The summed E-state index contributed by atoms with van der Waals surface area (Å²) in [6.45, 7) is 5.87. The molecule has 0 bridgehead atoms. The van der Waals surface area contributed by atoms with Gasteiger partial charge in [0.05, 0.1) is 6.10 Å². The summed E-state index contributed by atoms with van der Waals surface area (Å²) in [6, 6.07) is 0. The Kier molecular flexibility index (Phi) is 5.44. The van der Waals surface area contributed by atoms with Crippen LogP contribution < -0.4 is 11.1 Å². The molecular formula is C16H30N2O2. The molecule has 1 saturated carbocycles. The molecule has 1 heterocycles. The van der Waals surface area contributed by atoms with Gasteiger partial charge in [-0.15, -0.1) is 0 Å². The van der Waals surface area contributed by atoms with Crippen LogP contribution in [0.15, 0.2) is 0 Å². The topological polar surface area (TPSA) is 64.4 Å². The van der Waals surface area contributed by atoms with Crippen LogP contribution in [0, 0.1) is 11.3 Å². The molecular weight excluding hydrogens is 252 g/mol. The van der Waals surface area contributed by atoms with Gasteiger partial charge in [-0.05, 0) is 43.4 Å². The fourth-order valence-electron chi connectivity index (χ4n) is 3.90. The number of hydrogen-bond donors (Lipinski definition) is 2. The first-order valence-corrected chi connectivity index (χ1v) is 8.18. The zero-order valence-corrected chi connectivity index (χ0v) is 13.0. The molecule has 4 nitrogen and oxygen atoms in total. The Balaban J connectivity index is 1.82. The summed E-state index contributed by atoms with van der Waals surface area (Å²) >= 11 is 0. The van der Waals surface area contributed by atoms with Crippen LogP contribution in [-0.4, -0.2) is 31.2 Å². The molecule has 1 saturated heterocycles. The van der Waals surface area contributed by atoms with Crippen LogP contribution in [0.5, 0.6) is 0 Å². The highest BCUT2D eigenvalue weighted by Crippen LogP contribution is 2.42. The third-order valence-corrected chi connectivity index (χ3v) is 4.81. The minimum atomic E-state index is -0.277. The molecule has 116 valence electrons. The van der Waals surface area contributed by atoms with Gasteiger partial charge in [0, 0.05) is 13.1 Å². The largest absolute Gasteiger partial charge is 0.364 e. The monoisotopic (exact) mass is 282 g/mol. The van der Waals surface area contributed by atoms with Gasteiger partial charge in [0.1, 0.15) is 6.10 Å². The van der Waals surface area contributed by atoms with Gasteiger partial charge >= 0.3 is 0 Å². The quantitative estimate of drug-likeness (QED) is 0.785. The predicted octanol–water partition coefficient (Wildman–Crippen LogP) is 2.22. The van der Waals surface area contributed by atoms with Gasteiger partial charge in [-0.25, -0.2) is 0 Å². The number of carbonyl (C=O) groups excluding carboxylic acids is 1. The van der Waals surface area contributed by atoms with Crippen LogP contribution in [0.2, 0.25) is 0 Å². The summed E-state index contributed by atoms with van der Waals surface area (Å²) in [6.07, 6.45) is 7.84. The van der Waals surface area contributed by atoms with E-state index < -0.39 is 0 Å². The number of hydrogen-bond acceptors (Lipinski definition) is 3. The first-order valence-electron chi connectivity index (χ1n) is 8.18. The maximum Gasteiger partial charge on any atom is 0.249 e. The van der Waals surface area contributed by atoms with E-state index in [9.17, 15) is 4.79 Å². The Bertz CT molecular complexity index is 324. The maximum atomic E-state index is 12.2. The molecule has 0 unspecified atom stereocenters. The van der Waals surface area contributed by atoms with Crippen molar-refractivity contribution in [1.82, 2.24) is 5.32 Å². The smallest absolute Gasteiger partial charge is 0.249 e. The average molecular weight is 282 g/mol. The Morgan fingerprint density at radius 3 is 2.60 bits per heavy atom. The average Bonchev–Trinajstić information content (AvgIpc) is 3.04. The van der Waals surface area contributed by atoms with Crippen molar-refractivity contribution < 1.29 is 9.53 Å². The molecule has 1 amide bonds. The van der Waals surface area contributed by atoms with Crippen LogP contribution >= 0.6 is 0 Å². The molecule has 1 aliphatic heterocycles. The lowest BCUT2D eigenvalue weighted by Crippen LogP contribution is -2.42. The third-order valence-electron chi connectivity index (χ3n) is 4.81. The molecule has 2 atom stereocenters. The fraction of sp³-hybridized carbons (Fsp3) is 0.938. The highest BCUT2D eigenvalue weighted by Gasteiger charge is 2.36. The second kappa shape index (κ2) is 6.90. The van der Waals surface area contributed by atoms with E-state index in [0.717, 1.165) is 19.4 Å². The van der Waals surface area contributed by atoms with E-state index in [2.05, 4.69) is 19.2 Å². The number of carbonyl (C=O) groups is 1. The first-order chi connectivity index (χ1) is 9.54. The van der Waals surface area contributed by atoms with Crippen LogP contribution in [0.25, 0.3) is 0 Å². The molecule has 2 aliphatic rings. The lowest BCUT2D eigenvalue weighted by atomic mass is 9.78. The molecule has 20 heavy (non-hydrogen) atoms. The van der Waals surface area contributed by atoms with E-state index >= 15 is 0 Å². The zero-order valence-electron chi connectivity index (χ0n) is 13.0. The molecule has 0 aromatic carbocycles. The lowest BCUT2D eigenvalue weighted by molar-refractivity contribution is -0.132. The van der Waals surface area contributed by atoms with E-state index in [1.54, 1.807) is 0 Å². The van der Waals surface area contributed by atoms with Gasteiger partial charge in [-0.2, -0.15) is 0 Å². The van der Waals surface area contributed by atoms with E-state index in [4.69, 9.17) is 10.5 Å². The summed E-state index contributed by atoms with van der Waals surface area (Å²) in [5, 5.41) is 3.15.